The van der Waals surface area contributed by atoms with E-state index in [0.29, 0.717) is 0 Å². The fourth-order valence-electron chi connectivity index (χ4n) is 1.20. The van der Waals surface area contributed by atoms with Gasteiger partial charge in [0.05, 0.1) is 6.61 Å². The second-order valence-corrected chi connectivity index (χ2v) is 3.01. The molecule has 8 heteroatoms. The summed E-state index contributed by atoms with van der Waals surface area (Å²) in [6.07, 6.45) is -10.6. The summed E-state index contributed by atoms with van der Waals surface area (Å²) < 4.78 is 28.8. The predicted octanol–water partition coefficient (Wildman–Crippen LogP) is -2.63. The van der Waals surface area contributed by atoms with E-state index in [4.69, 9.17) is 25.5 Å². The highest BCUT2D eigenvalue weighted by atomic mass is 19.3. The highest BCUT2D eigenvalue weighted by Crippen LogP contribution is 2.39. The van der Waals surface area contributed by atoms with Gasteiger partial charge in [0.1, 0.15) is 18.3 Å². The molecule has 1 heterocycles. The standard InChI is InChI=1S/C6H10F2O6/c7-6(8,13)5(12)4(11)3(10)2(1-9)14-5/h2-4,9-13H,1H2/t2-,3-,4+,5?/m1/s1. The van der Waals surface area contributed by atoms with Crippen molar-refractivity contribution >= 4 is 0 Å². The van der Waals surface area contributed by atoms with Crippen LogP contribution in [-0.2, 0) is 4.74 Å². The van der Waals surface area contributed by atoms with Crippen LogP contribution >= 0.6 is 0 Å². The summed E-state index contributed by atoms with van der Waals surface area (Å²) in [6.45, 7) is -0.878. The Morgan fingerprint density at radius 3 is 2.07 bits per heavy atom. The number of rotatable bonds is 2. The Balaban J connectivity index is 2.93. The first kappa shape index (κ1) is 11.7. The molecule has 0 amide bonds. The quantitative estimate of drug-likeness (QED) is 0.345. The van der Waals surface area contributed by atoms with Crippen molar-refractivity contribution in [2.75, 3.05) is 6.61 Å². The molecular formula is C6H10F2O6. The average Bonchev–Trinajstić information content (AvgIpc) is 2.29. The van der Waals surface area contributed by atoms with Crippen LogP contribution < -0.4 is 0 Å². The maximum Gasteiger partial charge on any atom is 0.410 e. The fraction of sp³-hybridized carbons (Fsp3) is 1.00. The summed E-state index contributed by atoms with van der Waals surface area (Å²) in [5.41, 5.74) is 0. The monoisotopic (exact) mass is 216 g/mol. The summed E-state index contributed by atoms with van der Waals surface area (Å²) >= 11 is 0. The number of aliphatic hydroxyl groups is 5. The molecule has 4 atom stereocenters. The minimum Gasteiger partial charge on any atom is -0.394 e. The van der Waals surface area contributed by atoms with Crippen molar-refractivity contribution in [2.24, 2.45) is 0 Å². The van der Waals surface area contributed by atoms with Gasteiger partial charge >= 0.3 is 6.11 Å². The molecule has 0 spiro atoms. The van der Waals surface area contributed by atoms with Gasteiger partial charge in [-0.1, -0.05) is 0 Å². The largest absolute Gasteiger partial charge is 0.410 e. The van der Waals surface area contributed by atoms with E-state index in [1.54, 1.807) is 0 Å². The molecule has 1 fully saturated rings. The number of hydrogen-bond acceptors (Lipinski definition) is 6. The van der Waals surface area contributed by atoms with Crippen LogP contribution in [-0.4, -0.2) is 62.3 Å². The lowest BCUT2D eigenvalue weighted by atomic mass is 10.0. The maximum atomic E-state index is 12.4. The lowest BCUT2D eigenvalue weighted by Crippen LogP contribution is -2.56. The zero-order valence-electron chi connectivity index (χ0n) is 6.84. The van der Waals surface area contributed by atoms with Gasteiger partial charge < -0.3 is 30.3 Å². The van der Waals surface area contributed by atoms with Crippen molar-refractivity contribution in [2.45, 2.75) is 30.2 Å². The molecule has 1 aliphatic rings. The molecule has 0 aromatic carbocycles. The van der Waals surface area contributed by atoms with Crippen LogP contribution in [0.25, 0.3) is 0 Å². The van der Waals surface area contributed by atoms with E-state index in [1.165, 1.54) is 0 Å². The third-order valence-corrected chi connectivity index (χ3v) is 2.05. The number of hydrogen-bond donors (Lipinski definition) is 5. The van der Waals surface area contributed by atoms with Crippen LogP contribution in [0.15, 0.2) is 0 Å². The van der Waals surface area contributed by atoms with E-state index in [2.05, 4.69) is 4.74 Å². The van der Waals surface area contributed by atoms with E-state index in [0.717, 1.165) is 0 Å². The van der Waals surface area contributed by atoms with E-state index in [-0.39, 0.29) is 0 Å². The third-order valence-electron chi connectivity index (χ3n) is 2.05. The Bertz CT molecular complexity index is 219. The number of aliphatic hydroxyl groups excluding tert-OH is 3. The highest BCUT2D eigenvalue weighted by molar-refractivity contribution is 4.99. The van der Waals surface area contributed by atoms with Crippen molar-refractivity contribution in [3.8, 4) is 0 Å². The van der Waals surface area contributed by atoms with Gasteiger partial charge in [0.25, 0.3) is 5.79 Å². The van der Waals surface area contributed by atoms with Crippen LogP contribution in [0.4, 0.5) is 8.78 Å². The van der Waals surface area contributed by atoms with Crippen LogP contribution in [0.1, 0.15) is 0 Å². The fourth-order valence-corrected chi connectivity index (χ4v) is 1.20. The minimum absolute atomic E-state index is 0.878. The molecule has 1 rings (SSSR count). The molecule has 0 radical (unpaired) electrons. The van der Waals surface area contributed by atoms with Crippen molar-refractivity contribution in [3.63, 3.8) is 0 Å². The van der Waals surface area contributed by atoms with Crippen LogP contribution in [0.2, 0.25) is 0 Å². The van der Waals surface area contributed by atoms with Gasteiger partial charge in [0.2, 0.25) is 0 Å². The van der Waals surface area contributed by atoms with Gasteiger partial charge in [-0.3, -0.25) is 0 Å². The summed E-state index contributed by atoms with van der Waals surface area (Å²) in [4.78, 5) is 0. The lowest BCUT2D eigenvalue weighted by molar-refractivity contribution is -0.405. The molecule has 0 aromatic rings. The summed E-state index contributed by atoms with van der Waals surface area (Å²) in [5.74, 6) is -3.60. The molecule has 0 aliphatic carbocycles. The molecule has 5 N–H and O–H groups in total. The van der Waals surface area contributed by atoms with E-state index in [9.17, 15) is 8.78 Å². The highest BCUT2D eigenvalue weighted by Gasteiger charge is 2.66. The van der Waals surface area contributed by atoms with Crippen molar-refractivity contribution in [3.05, 3.63) is 0 Å². The normalized spacial score (nSPS) is 44.4. The number of halogens is 2. The van der Waals surface area contributed by atoms with Gasteiger partial charge in [-0.2, -0.15) is 8.78 Å². The molecule has 6 nitrogen and oxygen atoms in total. The summed E-state index contributed by atoms with van der Waals surface area (Å²) in [5, 5.41) is 43.8. The second kappa shape index (κ2) is 3.33. The first-order valence-electron chi connectivity index (χ1n) is 3.71. The van der Waals surface area contributed by atoms with Crippen molar-refractivity contribution in [1.82, 2.24) is 0 Å². The lowest BCUT2D eigenvalue weighted by Gasteiger charge is -2.29. The van der Waals surface area contributed by atoms with Gasteiger partial charge in [0.15, 0.2) is 0 Å². The van der Waals surface area contributed by atoms with Crippen molar-refractivity contribution in [1.29, 1.82) is 0 Å². The molecule has 1 aliphatic heterocycles. The topological polar surface area (TPSA) is 110 Å². The zero-order valence-corrected chi connectivity index (χ0v) is 6.84. The van der Waals surface area contributed by atoms with Crippen molar-refractivity contribution < 1.29 is 39.1 Å². The second-order valence-electron chi connectivity index (χ2n) is 3.01. The van der Waals surface area contributed by atoms with Crippen LogP contribution in [0.3, 0.4) is 0 Å². The number of alkyl halides is 2. The van der Waals surface area contributed by atoms with E-state index in [1.807, 2.05) is 0 Å². The molecule has 0 saturated carbocycles. The van der Waals surface area contributed by atoms with Gasteiger partial charge in [-0.15, -0.1) is 0 Å². The molecule has 84 valence electrons. The third kappa shape index (κ3) is 1.49. The maximum absolute atomic E-state index is 12.4. The van der Waals surface area contributed by atoms with Crippen LogP contribution in [0, 0.1) is 0 Å². The SMILES string of the molecule is OC[C@H]1OC(O)(C(O)(F)F)[C@@H](O)[C@@H]1O. The van der Waals surface area contributed by atoms with Crippen LogP contribution in [0.5, 0.6) is 0 Å². The molecule has 1 unspecified atom stereocenters. The predicted molar refractivity (Wildman–Crippen MR) is 36.1 cm³/mol. The van der Waals surface area contributed by atoms with E-state index >= 15 is 0 Å². The molecule has 0 bridgehead atoms. The van der Waals surface area contributed by atoms with E-state index < -0.39 is 36.8 Å². The Morgan fingerprint density at radius 2 is 1.86 bits per heavy atom. The number of ether oxygens (including phenoxy) is 1. The Kier molecular flexibility index (Phi) is 2.78. The first-order valence-corrected chi connectivity index (χ1v) is 3.71. The average molecular weight is 216 g/mol. The molecular weight excluding hydrogens is 206 g/mol. The smallest absolute Gasteiger partial charge is 0.394 e. The minimum atomic E-state index is -4.74. The zero-order chi connectivity index (χ0) is 11.1. The van der Waals surface area contributed by atoms with Gasteiger partial charge in [0, 0.05) is 0 Å². The summed E-state index contributed by atoms with van der Waals surface area (Å²) in [6, 6.07) is 0. The molecule has 14 heavy (non-hydrogen) atoms. The Hall–Kier alpha value is -0.380. The Labute approximate surface area is 77.0 Å². The summed E-state index contributed by atoms with van der Waals surface area (Å²) in [7, 11) is 0. The molecule has 1 saturated heterocycles. The molecule has 0 aromatic heterocycles. The van der Waals surface area contributed by atoms with Gasteiger partial charge in [-0.05, 0) is 0 Å². The van der Waals surface area contributed by atoms with Gasteiger partial charge in [-0.25, -0.2) is 0 Å². The first-order chi connectivity index (χ1) is 6.24. The Morgan fingerprint density at radius 1 is 1.36 bits per heavy atom.